The molecule has 156 valence electrons. The van der Waals surface area contributed by atoms with Gasteiger partial charge < -0.3 is 20.1 Å². The fraction of sp³-hybridized carbons (Fsp3) is 0.0909. The molecule has 9 nitrogen and oxygen atoms in total. The van der Waals surface area contributed by atoms with Crippen LogP contribution in [0.3, 0.4) is 0 Å². The van der Waals surface area contributed by atoms with Gasteiger partial charge >= 0.3 is 0 Å². The Morgan fingerprint density at radius 2 is 1.71 bits per heavy atom. The van der Waals surface area contributed by atoms with Gasteiger partial charge in [-0.15, -0.1) is 0 Å². The molecule has 2 heterocycles. The van der Waals surface area contributed by atoms with Gasteiger partial charge in [0.25, 0.3) is 11.8 Å². The number of pyridine rings is 1. The molecule has 0 aliphatic heterocycles. The van der Waals surface area contributed by atoms with E-state index in [0.717, 1.165) is 5.52 Å². The van der Waals surface area contributed by atoms with Gasteiger partial charge in [-0.25, -0.2) is 0 Å². The second kappa shape index (κ2) is 8.54. The van der Waals surface area contributed by atoms with Gasteiger partial charge in [-0.05, 0) is 48.5 Å². The smallest absolute Gasteiger partial charge is 0.276 e. The summed E-state index contributed by atoms with van der Waals surface area (Å²) in [6.07, 6.45) is 1.50. The lowest BCUT2D eigenvalue weighted by molar-refractivity contribution is 0.0957. The Morgan fingerprint density at radius 3 is 2.45 bits per heavy atom. The second-order valence-corrected chi connectivity index (χ2v) is 6.52. The van der Waals surface area contributed by atoms with E-state index in [1.165, 1.54) is 13.2 Å². The number of H-pyrrole nitrogens is 1. The van der Waals surface area contributed by atoms with Crippen molar-refractivity contribution in [3.05, 3.63) is 72.2 Å². The topological polar surface area (TPSA) is 118 Å². The van der Waals surface area contributed by atoms with Crippen LogP contribution in [-0.4, -0.2) is 41.2 Å². The summed E-state index contributed by atoms with van der Waals surface area (Å²) in [5.74, 6) is 1.01. The van der Waals surface area contributed by atoms with Crippen LogP contribution < -0.4 is 20.1 Å². The van der Waals surface area contributed by atoms with Crippen LogP contribution in [0.2, 0.25) is 0 Å². The molecule has 0 fully saturated rings. The van der Waals surface area contributed by atoms with E-state index in [1.54, 1.807) is 61.7 Å². The molecule has 0 saturated carbocycles. The molecule has 4 rings (SSSR count). The number of aromatic amines is 1. The molecule has 0 spiro atoms. The van der Waals surface area contributed by atoms with Crippen LogP contribution in [0, 0.1) is 0 Å². The molecule has 0 saturated heterocycles. The van der Waals surface area contributed by atoms with E-state index in [0.29, 0.717) is 28.3 Å². The Bertz CT molecular complexity index is 1250. The number of rotatable bonds is 6. The van der Waals surface area contributed by atoms with Gasteiger partial charge in [0.05, 0.1) is 12.6 Å². The maximum absolute atomic E-state index is 12.7. The average Bonchev–Trinajstić information content (AvgIpc) is 3.23. The van der Waals surface area contributed by atoms with Gasteiger partial charge in [0.15, 0.2) is 5.69 Å². The zero-order valence-electron chi connectivity index (χ0n) is 16.8. The largest absolute Gasteiger partial charge is 0.497 e. The zero-order chi connectivity index (χ0) is 21.8. The highest BCUT2D eigenvalue weighted by Crippen LogP contribution is 2.25. The predicted octanol–water partition coefficient (Wildman–Crippen LogP) is 3.37. The first-order valence-corrected chi connectivity index (χ1v) is 9.37. The third-order valence-corrected chi connectivity index (χ3v) is 4.52. The summed E-state index contributed by atoms with van der Waals surface area (Å²) in [7, 11) is 3.10. The number of carbonyl (C=O) groups is 2. The second-order valence-electron chi connectivity index (χ2n) is 6.52. The number of nitrogens with one attached hydrogen (secondary N) is 3. The monoisotopic (exact) mass is 417 g/mol. The van der Waals surface area contributed by atoms with E-state index in [-0.39, 0.29) is 23.2 Å². The van der Waals surface area contributed by atoms with Gasteiger partial charge in [-0.2, -0.15) is 5.10 Å². The molecule has 2 aromatic carbocycles. The summed E-state index contributed by atoms with van der Waals surface area (Å²) < 4.78 is 11.0. The van der Waals surface area contributed by atoms with E-state index in [2.05, 4.69) is 25.8 Å². The molecule has 0 bridgehead atoms. The van der Waals surface area contributed by atoms with Gasteiger partial charge in [0, 0.05) is 30.4 Å². The van der Waals surface area contributed by atoms with Crippen molar-refractivity contribution in [2.75, 3.05) is 19.5 Å². The highest BCUT2D eigenvalue weighted by Gasteiger charge is 2.15. The van der Waals surface area contributed by atoms with E-state index in [9.17, 15) is 9.59 Å². The summed E-state index contributed by atoms with van der Waals surface area (Å²) in [6.45, 7) is 0. The lowest BCUT2D eigenvalue weighted by Gasteiger charge is -2.08. The minimum absolute atomic E-state index is 0.256. The van der Waals surface area contributed by atoms with Crippen molar-refractivity contribution >= 4 is 28.4 Å². The molecule has 0 radical (unpaired) electrons. The quantitative estimate of drug-likeness (QED) is 0.443. The van der Waals surface area contributed by atoms with Gasteiger partial charge in [-0.3, -0.25) is 19.7 Å². The van der Waals surface area contributed by atoms with Crippen LogP contribution in [0.15, 0.2) is 60.8 Å². The van der Waals surface area contributed by atoms with Crippen LogP contribution in [0.25, 0.3) is 10.9 Å². The first kappa shape index (κ1) is 19.9. The molecule has 31 heavy (non-hydrogen) atoms. The van der Waals surface area contributed by atoms with Crippen LogP contribution in [-0.2, 0) is 0 Å². The molecular weight excluding hydrogens is 398 g/mol. The molecule has 0 aliphatic carbocycles. The lowest BCUT2D eigenvalue weighted by Crippen LogP contribution is -2.18. The van der Waals surface area contributed by atoms with E-state index in [4.69, 9.17) is 9.47 Å². The normalized spacial score (nSPS) is 10.5. The predicted molar refractivity (Wildman–Crippen MR) is 115 cm³/mol. The standard InChI is InChI=1S/C22H19N5O4/c1-23-21(28)19-12-16(9-10-24-19)31-14-5-3-13(4-6-14)25-22(29)20-17-11-15(30-2)7-8-18(17)26-27-20/h3-12H,1-2H3,(H,23,28)(H,25,29)(H,26,27). The summed E-state index contributed by atoms with van der Waals surface area (Å²) >= 11 is 0. The van der Waals surface area contributed by atoms with Crippen molar-refractivity contribution in [3.63, 3.8) is 0 Å². The van der Waals surface area contributed by atoms with Crippen LogP contribution in [0.1, 0.15) is 21.0 Å². The number of fused-ring (bicyclic) bond motifs is 1. The lowest BCUT2D eigenvalue weighted by atomic mass is 10.2. The minimum Gasteiger partial charge on any atom is -0.497 e. The summed E-state index contributed by atoms with van der Waals surface area (Å²) in [6, 6.07) is 15.4. The average molecular weight is 417 g/mol. The Hall–Kier alpha value is -4.40. The number of hydrogen-bond donors (Lipinski definition) is 3. The number of ether oxygens (including phenoxy) is 2. The van der Waals surface area contributed by atoms with Gasteiger partial charge in [0.1, 0.15) is 22.9 Å². The molecule has 0 atom stereocenters. The molecule has 0 unspecified atom stereocenters. The number of anilines is 1. The van der Waals surface area contributed by atoms with E-state index >= 15 is 0 Å². The number of methoxy groups -OCH3 is 1. The van der Waals surface area contributed by atoms with E-state index < -0.39 is 0 Å². The number of carbonyl (C=O) groups excluding carboxylic acids is 2. The SMILES string of the molecule is CNC(=O)c1cc(Oc2ccc(NC(=O)c3n[nH]c4ccc(OC)cc34)cc2)ccn1. The molecule has 3 N–H and O–H groups in total. The number of hydrogen-bond acceptors (Lipinski definition) is 6. The first-order valence-electron chi connectivity index (χ1n) is 9.37. The number of benzene rings is 2. The molecule has 9 heteroatoms. The molecule has 2 aromatic heterocycles. The Kier molecular flexibility index (Phi) is 5.48. The Morgan fingerprint density at radius 1 is 0.935 bits per heavy atom. The van der Waals surface area contributed by atoms with Crippen molar-refractivity contribution < 1.29 is 19.1 Å². The Labute approximate surface area is 177 Å². The third-order valence-electron chi connectivity index (χ3n) is 4.52. The molecule has 2 amide bonds. The summed E-state index contributed by atoms with van der Waals surface area (Å²) in [5, 5.41) is 13.0. The van der Waals surface area contributed by atoms with Crippen LogP contribution >= 0.6 is 0 Å². The van der Waals surface area contributed by atoms with Crippen LogP contribution in [0.5, 0.6) is 17.2 Å². The van der Waals surface area contributed by atoms with Gasteiger partial charge in [-0.1, -0.05) is 0 Å². The zero-order valence-corrected chi connectivity index (χ0v) is 16.8. The number of aromatic nitrogens is 3. The molecule has 4 aromatic rings. The van der Waals surface area contributed by atoms with Gasteiger partial charge in [0.2, 0.25) is 0 Å². The maximum atomic E-state index is 12.7. The highest BCUT2D eigenvalue weighted by molar-refractivity contribution is 6.11. The fourth-order valence-electron chi connectivity index (χ4n) is 2.95. The molecule has 0 aliphatic rings. The Balaban J connectivity index is 1.47. The third kappa shape index (κ3) is 4.30. The maximum Gasteiger partial charge on any atom is 0.276 e. The van der Waals surface area contributed by atoms with Crippen molar-refractivity contribution in [1.82, 2.24) is 20.5 Å². The molecular formula is C22H19N5O4. The van der Waals surface area contributed by atoms with E-state index in [1.807, 2.05) is 0 Å². The number of nitrogens with zero attached hydrogens (tertiary/aromatic N) is 2. The van der Waals surface area contributed by atoms with Crippen molar-refractivity contribution in [1.29, 1.82) is 0 Å². The minimum atomic E-state index is -0.350. The van der Waals surface area contributed by atoms with Crippen LogP contribution in [0.4, 0.5) is 5.69 Å². The highest BCUT2D eigenvalue weighted by atomic mass is 16.5. The summed E-state index contributed by atoms with van der Waals surface area (Å²) in [5.41, 5.74) is 1.85. The van der Waals surface area contributed by atoms with Crippen molar-refractivity contribution in [2.24, 2.45) is 0 Å². The van der Waals surface area contributed by atoms with Crippen molar-refractivity contribution in [3.8, 4) is 17.2 Å². The fourth-order valence-corrected chi connectivity index (χ4v) is 2.95. The van der Waals surface area contributed by atoms with Crippen molar-refractivity contribution in [2.45, 2.75) is 0 Å². The summed E-state index contributed by atoms with van der Waals surface area (Å²) in [4.78, 5) is 28.4. The first-order chi connectivity index (χ1) is 15.1. The number of amides is 2.